The number of carbonyl (C=O) groups excluding carboxylic acids is 1. The van der Waals surface area contributed by atoms with Gasteiger partial charge in [-0.25, -0.2) is 4.79 Å². The molecule has 2 aromatic carbocycles. The van der Waals surface area contributed by atoms with Gasteiger partial charge in [-0.3, -0.25) is 10.1 Å². The van der Waals surface area contributed by atoms with Crippen LogP contribution in [0.15, 0.2) is 42.5 Å². The molecule has 0 bridgehead atoms. The summed E-state index contributed by atoms with van der Waals surface area (Å²) < 4.78 is 26.5. The summed E-state index contributed by atoms with van der Waals surface area (Å²) in [6, 6.07) is 9.31. The van der Waals surface area contributed by atoms with Gasteiger partial charge in [-0.05, 0) is 42.8 Å². The zero-order valence-corrected chi connectivity index (χ0v) is 16.5. The third-order valence-electron chi connectivity index (χ3n) is 4.33. The fourth-order valence-corrected chi connectivity index (χ4v) is 2.86. The molecule has 0 N–H and O–H groups in total. The van der Waals surface area contributed by atoms with Crippen LogP contribution in [0.3, 0.4) is 0 Å². The monoisotopic (exact) mass is 415 g/mol. The largest absolute Gasteiger partial charge is 0.497 e. The Morgan fingerprint density at radius 1 is 1.10 bits per heavy atom. The van der Waals surface area contributed by atoms with Crippen LogP contribution in [0.2, 0.25) is 0 Å². The van der Waals surface area contributed by atoms with Gasteiger partial charge in [-0.1, -0.05) is 0 Å². The Hall–Kier alpha value is -3.43. The fraction of sp³-hybridized carbons (Fsp3) is 0.286. The molecule has 3 rings (SSSR count). The first-order chi connectivity index (χ1) is 14.5. The number of hydrogen-bond donors (Lipinski definition) is 0. The van der Waals surface area contributed by atoms with Crippen molar-refractivity contribution in [2.24, 2.45) is 0 Å². The van der Waals surface area contributed by atoms with Crippen molar-refractivity contribution in [2.75, 3.05) is 27.4 Å². The highest BCUT2D eigenvalue weighted by Gasteiger charge is 2.23. The van der Waals surface area contributed by atoms with Gasteiger partial charge in [0, 0.05) is 23.3 Å². The smallest absolute Gasteiger partial charge is 0.336 e. The second kappa shape index (κ2) is 9.86. The quantitative estimate of drug-likeness (QED) is 0.222. The molecule has 1 heterocycles. The molecular formula is C21H21NO8. The predicted molar refractivity (Wildman–Crippen MR) is 107 cm³/mol. The van der Waals surface area contributed by atoms with E-state index in [0.717, 1.165) is 12.5 Å². The number of nitro groups is 1. The summed E-state index contributed by atoms with van der Waals surface area (Å²) in [6.07, 6.45) is 2.72. The summed E-state index contributed by atoms with van der Waals surface area (Å²) in [5, 5.41) is 11.5. The molecule has 0 spiro atoms. The van der Waals surface area contributed by atoms with Crippen molar-refractivity contribution in [3.05, 3.63) is 63.7 Å². The van der Waals surface area contributed by atoms with Gasteiger partial charge in [-0.2, -0.15) is 0 Å². The Kier molecular flexibility index (Phi) is 6.99. The van der Waals surface area contributed by atoms with E-state index in [9.17, 15) is 14.9 Å². The van der Waals surface area contributed by atoms with Crippen LogP contribution < -0.4 is 14.2 Å². The van der Waals surface area contributed by atoms with E-state index >= 15 is 0 Å². The molecule has 1 aliphatic rings. The lowest BCUT2D eigenvalue weighted by Gasteiger charge is -2.23. The predicted octanol–water partition coefficient (Wildman–Crippen LogP) is 3.67. The zero-order valence-electron chi connectivity index (χ0n) is 16.5. The second-order valence-corrected chi connectivity index (χ2v) is 6.27. The first kappa shape index (κ1) is 21.3. The summed E-state index contributed by atoms with van der Waals surface area (Å²) in [5.74, 6) is 0.164. The lowest BCUT2D eigenvalue weighted by molar-refractivity contribution is -0.385. The van der Waals surface area contributed by atoms with E-state index in [2.05, 4.69) is 0 Å². The van der Waals surface area contributed by atoms with Crippen molar-refractivity contribution in [3.63, 3.8) is 0 Å². The zero-order chi connectivity index (χ0) is 21.5. The van der Waals surface area contributed by atoms with Crippen LogP contribution in [0.5, 0.6) is 17.2 Å². The van der Waals surface area contributed by atoms with Crippen LogP contribution in [0, 0.1) is 10.1 Å². The normalized spacial score (nSPS) is 14.5. The minimum absolute atomic E-state index is 0.174. The lowest BCUT2D eigenvalue weighted by atomic mass is 10.1. The number of rotatable bonds is 7. The highest BCUT2D eigenvalue weighted by molar-refractivity contribution is 5.89. The molecule has 9 heteroatoms. The number of carbonyl (C=O) groups is 1. The van der Waals surface area contributed by atoms with E-state index in [-0.39, 0.29) is 11.4 Å². The van der Waals surface area contributed by atoms with Crippen LogP contribution in [0.4, 0.5) is 5.69 Å². The third-order valence-corrected chi connectivity index (χ3v) is 4.33. The molecular weight excluding hydrogens is 394 g/mol. The highest BCUT2D eigenvalue weighted by Crippen LogP contribution is 2.33. The van der Waals surface area contributed by atoms with Crippen molar-refractivity contribution in [1.29, 1.82) is 0 Å². The molecule has 0 unspecified atom stereocenters. The Balaban J connectivity index is 1.77. The van der Waals surface area contributed by atoms with Gasteiger partial charge in [0.05, 0.1) is 32.4 Å². The summed E-state index contributed by atoms with van der Waals surface area (Å²) in [7, 11) is 3.03. The summed E-state index contributed by atoms with van der Waals surface area (Å²) >= 11 is 0. The molecule has 0 saturated carbocycles. The first-order valence-corrected chi connectivity index (χ1v) is 9.15. The van der Waals surface area contributed by atoms with Gasteiger partial charge >= 0.3 is 11.7 Å². The van der Waals surface area contributed by atoms with Crippen LogP contribution in [-0.2, 0) is 14.3 Å². The summed E-state index contributed by atoms with van der Waals surface area (Å²) in [6.45, 7) is 1.02. The molecule has 2 aromatic rings. The van der Waals surface area contributed by atoms with E-state index < -0.39 is 17.2 Å². The van der Waals surface area contributed by atoms with Gasteiger partial charge in [0.15, 0.2) is 6.29 Å². The molecule has 0 radical (unpaired) electrons. The Morgan fingerprint density at radius 3 is 2.50 bits per heavy atom. The lowest BCUT2D eigenvalue weighted by Crippen LogP contribution is -2.18. The first-order valence-electron chi connectivity index (χ1n) is 9.15. The third kappa shape index (κ3) is 5.13. The van der Waals surface area contributed by atoms with Crippen molar-refractivity contribution < 1.29 is 33.4 Å². The molecule has 158 valence electrons. The minimum Gasteiger partial charge on any atom is -0.497 e. The van der Waals surface area contributed by atoms with Crippen molar-refractivity contribution >= 4 is 17.7 Å². The maximum Gasteiger partial charge on any atom is 0.336 e. The SMILES string of the molecule is COc1ccc(OC)c(/C=C/C(=O)Oc2ccc(C3OCCCO3)cc2[N+](=O)[O-])c1. The van der Waals surface area contributed by atoms with E-state index in [0.29, 0.717) is 35.8 Å². The van der Waals surface area contributed by atoms with Crippen molar-refractivity contribution in [1.82, 2.24) is 0 Å². The number of benzene rings is 2. The van der Waals surface area contributed by atoms with E-state index in [1.165, 1.54) is 32.4 Å². The van der Waals surface area contributed by atoms with E-state index in [1.54, 1.807) is 24.3 Å². The van der Waals surface area contributed by atoms with Crippen LogP contribution >= 0.6 is 0 Å². The summed E-state index contributed by atoms with van der Waals surface area (Å²) in [4.78, 5) is 23.1. The molecule has 0 aliphatic carbocycles. The van der Waals surface area contributed by atoms with Gasteiger partial charge in [-0.15, -0.1) is 0 Å². The fourth-order valence-electron chi connectivity index (χ4n) is 2.86. The number of ether oxygens (including phenoxy) is 5. The Morgan fingerprint density at radius 2 is 1.83 bits per heavy atom. The van der Waals surface area contributed by atoms with Crippen molar-refractivity contribution in [2.45, 2.75) is 12.7 Å². The number of nitrogens with zero attached hydrogens (tertiary/aromatic N) is 1. The molecule has 0 atom stereocenters. The molecule has 0 aromatic heterocycles. The van der Waals surface area contributed by atoms with E-state index in [1.807, 2.05) is 0 Å². The maximum absolute atomic E-state index is 12.2. The highest BCUT2D eigenvalue weighted by atomic mass is 16.7. The molecule has 1 saturated heterocycles. The topological polar surface area (TPSA) is 106 Å². The molecule has 1 fully saturated rings. The Bertz CT molecular complexity index is 950. The molecule has 1 aliphatic heterocycles. The van der Waals surface area contributed by atoms with Crippen molar-refractivity contribution in [3.8, 4) is 17.2 Å². The number of hydrogen-bond acceptors (Lipinski definition) is 8. The molecule has 9 nitrogen and oxygen atoms in total. The number of methoxy groups -OCH3 is 2. The molecule has 0 amide bonds. The van der Waals surface area contributed by atoms with Gasteiger partial charge < -0.3 is 23.7 Å². The van der Waals surface area contributed by atoms with Gasteiger partial charge in [0.25, 0.3) is 0 Å². The van der Waals surface area contributed by atoms with Gasteiger partial charge in [0.1, 0.15) is 11.5 Å². The standard InChI is InChI=1S/C21H21NO8/c1-26-16-6-8-18(27-2)14(12-16)5-9-20(23)30-19-7-4-15(13-17(19)22(24)25)21-28-10-3-11-29-21/h4-9,12-13,21H,3,10-11H2,1-2H3/b9-5+. The van der Waals surface area contributed by atoms with Gasteiger partial charge in [0.2, 0.25) is 5.75 Å². The minimum atomic E-state index is -0.777. The van der Waals surface area contributed by atoms with Crippen LogP contribution in [0.25, 0.3) is 6.08 Å². The Labute approximate surface area is 172 Å². The number of esters is 1. The second-order valence-electron chi connectivity index (χ2n) is 6.27. The summed E-state index contributed by atoms with van der Waals surface area (Å²) in [5.41, 5.74) is 0.717. The average molecular weight is 415 g/mol. The average Bonchev–Trinajstić information content (AvgIpc) is 2.78. The molecule has 30 heavy (non-hydrogen) atoms. The van der Waals surface area contributed by atoms with Crippen LogP contribution in [-0.4, -0.2) is 38.3 Å². The maximum atomic E-state index is 12.2. The van der Waals surface area contributed by atoms with E-state index in [4.69, 9.17) is 23.7 Å². The number of nitro benzene ring substituents is 1. The van der Waals surface area contributed by atoms with Crippen LogP contribution in [0.1, 0.15) is 23.8 Å².